The lowest BCUT2D eigenvalue weighted by Gasteiger charge is -2.42. The van der Waals surface area contributed by atoms with Gasteiger partial charge in [-0.15, -0.1) is 0 Å². The topological polar surface area (TPSA) is 46.5 Å². The third kappa shape index (κ3) is 3.82. The maximum atomic E-state index is 11.2. The summed E-state index contributed by atoms with van der Waals surface area (Å²) in [6.45, 7) is 13.3. The van der Waals surface area contributed by atoms with Crippen LogP contribution in [-0.2, 0) is 9.22 Å². The fraction of sp³-hybridized carbons (Fsp3) is 0.929. The summed E-state index contributed by atoms with van der Waals surface area (Å²) in [5.74, 6) is -0.427. The van der Waals surface area contributed by atoms with Gasteiger partial charge in [0.25, 0.3) is 0 Å². The van der Waals surface area contributed by atoms with Crippen LogP contribution >= 0.6 is 0 Å². The number of aliphatic carboxylic acids is 1. The second-order valence-corrected chi connectivity index (χ2v) is 12.1. The van der Waals surface area contributed by atoms with Gasteiger partial charge in [-0.05, 0) is 43.3 Å². The van der Waals surface area contributed by atoms with E-state index in [1.165, 1.54) is 0 Å². The van der Waals surface area contributed by atoms with Gasteiger partial charge in [0.2, 0.25) is 0 Å². The Hall–Kier alpha value is -0.353. The first-order valence-electron chi connectivity index (χ1n) is 6.93. The molecule has 0 amide bonds. The number of rotatable bonds is 3. The van der Waals surface area contributed by atoms with Crippen molar-refractivity contribution in [3.05, 3.63) is 0 Å². The summed E-state index contributed by atoms with van der Waals surface area (Å²) in [4.78, 5) is 11.2. The molecule has 0 heterocycles. The Kier molecular flexibility index (Phi) is 4.65. The van der Waals surface area contributed by atoms with Gasteiger partial charge in [-0.1, -0.05) is 27.7 Å². The molecular weight excluding hydrogens is 244 g/mol. The molecule has 106 valence electrons. The van der Waals surface area contributed by atoms with Crippen LogP contribution in [0.5, 0.6) is 0 Å². The van der Waals surface area contributed by atoms with E-state index in [4.69, 9.17) is 4.43 Å². The van der Waals surface area contributed by atoms with E-state index in [1.54, 1.807) is 0 Å². The van der Waals surface area contributed by atoms with Crippen molar-refractivity contribution in [3.63, 3.8) is 0 Å². The maximum Gasteiger partial charge on any atom is 0.306 e. The van der Waals surface area contributed by atoms with Crippen molar-refractivity contribution < 1.29 is 14.3 Å². The van der Waals surface area contributed by atoms with E-state index in [2.05, 4.69) is 40.8 Å². The average molecular weight is 272 g/mol. The second-order valence-electron chi connectivity index (χ2n) is 7.35. The average Bonchev–Trinajstić information content (AvgIpc) is 2.13. The Labute approximate surface area is 112 Å². The van der Waals surface area contributed by atoms with E-state index in [9.17, 15) is 9.90 Å². The summed E-state index contributed by atoms with van der Waals surface area (Å²) < 4.78 is 6.37. The molecule has 18 heavy (non-hydrogen) atoms. The molecule has 1 N–H and O–H groups in total. The molecule has 0 aromatic rings. The molecule has 3 unspecified atom stereocenters. The molecule has 3 nitrogen and oxygen atoms in total. The van der Waals surface area contributed by atoms with E-state index >= 15 is 0 Å². The molecule has 0 saturated heterocycles. The van der Waals surface area contributed by atoms with Gasteiger partial charge in [0.1, 0.15) is 0 Å². The molecule has 1 saturated carbocycles. The highest BCUT2D eigenvalue weighted by molar-refractivity contribution is 6.74. The van der Waals surface area contributed by atoms with Crippen LogP contribution in [0.1, 0.15) is 47.0 Å². The largest absolute Gasteiger partial charge is 0.481 e. The summed E-state index contributed by atoms with van der Waals surface area (Å²) >= 11 is 0. The molecule has 0 radical (unpaired) electrons. The van der Waals surface area contributed by atoms with Crippen LogP contribution in [0.3, 0.4) is 0 Å². The summed E-state index contributed by atoms with van der Waals surface area (Å²) in [5.41, 5.74) is 0. The van der Waals surface area contributed by atoms with Crippen molar-refractivity contribution in [2.24, 2.45) is 11.8 Å². The van der Waals surface area contributed by atoms with Crippen LogP contribution in [0, 0.1) is 11.8 Å². The fourth-order valence-corrected chi connectivity index (χ4v) is 3.81. The summed E-state index contributed by atoms with van der Waals surface area (Å²) in [7, 11) is -1.78. The molecule has 4 heteroatoms. The molecule has 1 aliphatic rings. The Morgan fingerprint density at radius 3 is 2.22 bits per heavy atom. The van der Waals surface area contributed by atoms with E-state index in [0.29, 0.717) is 12.3 Å². The van der Waals surface area contributed by atoms with Crippen LogP contribution in [0.4, 0.5) is 0 Å². The minimum Gasteiger partial charge on any atom is -0.481 e. The van der Waals surface area contributed by atoms with E-state index in [1.807, 2.05) is 0 Å². The molecule has 3 atom stereocenters. The van der Waals surface area contributed by atoms with Crippen molar-refractivity contribution in [3.8, 4) is 0 Å². The molecule has 0 aliphatic heterocycles. The first-order valence-corrected chi connectivity index (χ1v) is 9.84. The highest BCUT2D eigenvalue weighted by Gasteiger charge is 2.41. The normalized spacial score (nSPS) is 30.2. The third-order valence-electron chi connectivity index (χ3n) is 4.52. The molecule has 0 aromatic heterocycles. The predicted octanol–water partition coefficient (Wildman–Crippen LogP) is 3.90. The first-order chi connectivity index (χ1) is 8.03. The van der Waals surface area contributed by atoms with Crippen molar-refractivity contribution in [1.29, 1.82) is 0 Å². The highest BCUT2D eigenvalue weighted by Crippen LogP contribution is 2.40. The molecule has 0 bridgehead atoms. The molecule has 0 spiro atoms. The van der Waals surface area contributed by atoms with Crippen LogP contribution in [-0.4, -0.2) is 25.5 Å². The van der Waals surface area contributed by atoms with Crippen molar-refractivity contribution in [2.45, 2.75) is 71.2 Å². The van der Waals surface area contributed by atoms with Crippen molar-refractivity contribution in [2.75, 3.05) is 0 Å². The lowest BCUT2D eigenvalue weighted by Crippen LogP contribution is -2.46. The van der Waals surface area contributed by atoms with E-state index in [-0.39, 0.29) is 17.1 Å². The van der Waals surface area contributed by atoms with Gasteiger partial charge >= 0.3 is 5.97 Å². The van der Waals surface area contributed by atoms with Gasteiger partial charge in [-0.3, -0.25) is 4.79 Å². The van der Waals surface area contributed by atoms with Gasteiger partial charge < -0.3 is 9.53 Å². The Morgan fingerprint density at radius 1 is 1.22 bits per heavy atom. The van der Waals surface area contributed by atoms with Gasteiger partial charge in [-0.2, -0.15) is 0 Å². The van der Waals surface area contributed by atoms with Gasteiger partial charge in [-0.25, -0.2) is 0 Å². The number of carboxylic acids is 1. The van der Waals surface area contributed by atoms with Crippen LogP contribution in [0.2, 0.25) is 18.1 Å². The van der Waals surface area contributed by atoms with E-state index < -0.39 is 14.3 Å². The molecule has 1 rings (SSSR count). The highest BCUT2D eigenvalue weighted by atomic mass is 28.4. The second kappa shape index (κ2) is 5.33. The lowest BCUT2D eigenvalue weighted by molar-refractivity contribution is -0.144. The van der Waals surface area contributed by atoms with Gasteiger partial charge in [0.05, 0.1) is 5.92 Å². The predicted molar refractivity (Wildman–Crippen MR) is 76.2 cm³/mol. The number of carbonyl (C=O) groups is 1. The summed E-state index contributed by atoms with van der Waals surface area (Å²) in [5, 5.41) is 9.37. The van der Waals surface area contributed by atoms with Crippen LogP contribution in [0.25, 0.3) is 0 Å². The standard InChI is InChI=1S/C14H28O3Si/c1-10-7-11(13(15)16)9-12(8-10)17-18(5,6)14(2,3)4/h10-12H,7-9H2,1-6H3,(H,15,16). The van der Waals surface area contributed by atoms with E-state index in [0.717, 1.165) is 12.8 Å². The quantitative estimate of drug-likeness (QED) is 0.793. The number of hydrogen-bond acceptors (Lipinski definition) is 2. The number of hydrogen-bond donors (Lipinski definition) is 1. The molecule has 1 aliphatic carbocycles. The first kappa shape index (κ1) is 15.7. The third-order valence-corrected chi connectivity index (χ3v) is 9.05. The minimum absolute atomic E-state index is 0.135. The Morgan fingerprint density at radius 2 is 1.78 bits per heavy atom. The van der Waals surface area contributed by atoms with Crippen molar-refractivity contribution >= 4 is 14.3 Å². The summed E-state index contributed by atoms with van der Waals surface area (Å²) in [6.07, 6.45) is 2.63. The van der Waals surface area contributed by atoms with Gasteiger partial charge in [0, 0.05) is 6.10 Å². The smallest absolute Gasteiger partial charge is 0.306 e. The lowest BCUT2D eigenvalue weighted by atomic mass is 9.81. The zero-order valence-corrected chi connectivity index (χ0v) is 13.6. The van der Waals surface area contributed by atoms with Crippen LogP contribution in [0.15, 0.2) is 0 Å². The van der Waals surface area contributed by atoms with Crippen molar-refractivity contribution in [1.82, 2.24) is 0 Å². The summed E-state index contributed by atoms with van der Waals surface area (Å²) in [6, 6.07) is 0. The number of carboxylic acid groups (broad SMARTS) is 1. The monoisotopic (exact) mass is 272 g/mol. The SMILES string of the molecule is CC1CC(O[Si](C)(C)C(C)(C)C)CC(C(=O)O)C1. The fourth-order valence-electron chi connectivity index (χ4n) is 2.43. The molecule has 0 aromatic carbocycles. The van der Waals surface area contributed by atoms with Gasteiger partial charge in [0.15, 0.2) is 8.32 Å². The maximum absolute atomic E-state index is 11.2. The Bertz CT molecular complexity index is 307. The Balaban J connectivity index is 2.70. The zero-order chi connectivity index (χ0) is 14.1. The zero-order valence-electron chi connectivity index (χ0n) is 12.6. The minimum atomic E-state index is -1.78. The molecular formula is C14H28O3Si. The molecule has 1 fully saturated rings. The van der Waals surface area contributed by atoms with Crippen LogP contribution < -0.4 is 0 Å².